The third-order valence-corrected chi connectivity index (χ3v) is 3.56. The van der Waals surface area contributed by atoms with Gasteiger partial charge in [0, 0.05) is 23.8 Å². The van der Waals surface area contributed by atoms with Crippen LogP contribution < -0.4 is 10.6 Å². The lowest BCUT2D eigenvalue weighted by atomic mass is 10.0. The Bertz CT molecular complexity index is 649. The van der Waals surface area contributed by atoms with Gasteiger partial charge in [-0.15, -0.1) is 5.10 Å². The molecule has 7 heteroatoms. The lowest BCUT2D eigenvalue weighted by Crippen LogP contribution is -2.45. The molecule has 0 aliphatic rings. The number of tetrazole rings is 1. The maximum absolute atomic E-state index is 11.9. The fourth-order valence-corrected chi connectivity index (χ4v) is 1.93. The molecule has 0 saturated carbocycles. The number of anilines is 1. The predicted octanol–water partition coefficient (Wildman–Crippen LogP) is 1.59. The molecule has 2 rings (SSSR count). The van der Waals surface area contributed by atoms with Crippen LogP contribution in [0.4, 0.5) is 5.69 Å². The fraction of sp³-hybridized carbons (Fsp3) is 0.467. The molecule has 1 aromatic heterocycles. The van der Waals surface area contributed by atoms with Crippen LogP contribution in [-0.2, 0) is 11.8 Å². The molecule has 0 radical (unpaired) electrons. The van der Waals surface area contributed by atoms with Gasteiger partial charge in [0.15, 0.2) is 5.82 Å². The van der Waals surface area contributed by atoms with Crippen LogP contribution in [0.1, 0.15) is 27.2 Å². The minimum atomic E-state index is -0.190. The third-order valence-electron chi connectivity index (χ3n) is 3.56. The summed E-state index contributed by atoms with van der Waals surface area (Å²) in [4.78, 5) is 11.9. The van der Waals surface area contributed by atoms with Crippen molar-refractivity contribution in [2.24, 2.45) is 7.05 Å². The van der Waals surface area contributed by atoms with Crippen molar-refractivity contribution in [3.63, 3.8) is 0 Å². The van der Waals surface area contributed by atoms with Gasteiger partial charge in [0.25, 0.3) is 0 Å². The summed E-state index contributed by atoms with van der Waals surface area (Å²) in [7, 11) is 1.79. The molecule has 0 aliphatic heterocycles. The van der Waals surface area contributed by atoms with E-state index < -0.39 is 0 Å². The smallest absolute Gasteiger partial charge is 0.239 e. The number of carbonyl (C=O) groups is 1. The predicted molar refractivity (Wildman–Crippen MR) is 85.2 cm³/mol. The molecule has 22 heavy (non-hydrogen) atoms. The first-order chi connectivity index (χ1) is 10.4. The zero-order chi connectivity index (χ0) is 16.2. The highest BCUT2D eigenvalue weighted by molar-refractivity contribution is 5.81. The molecule has 2 N–H and O–H groups in total. The van der Waals surface area contributed by atoms with Crippen LogP contribution in [-0.4, -0.2) is 38.2 Å². The average molecular weight is 302 g/mol. The van der Waals surface area contributed by atoms with Crippen molar-refractivity contribution in [3.8, 4) is 11.4 Å². The van der Waals surface area contributed by atoms with Crippen LogP contribution in [0.15, 0.2) is 24.3 Å². The quantitative estimate of drug-likeness (QED) is 0.846. The topological polar surface area (TPSA) is 84.7 Å². The standard InChI is InChI=1S/C15H22N6O/c1-5-15(2,3)17-13(22)10-16-12-8-6-7-11(9-12)14-18-19-20-21(14)4/h6-9,16H,5,10H2,1-4H3,(H,17,22). The van der Waals surface area contributed by atoms with Crippen LogP contribution in [0.5, 0.6) is 0 Å². The van der Waals surface area contributed by atoms with E-state index in [2.05, 4.69) is 26.2 Å². The van der Waals surface area contributed by atoms with Crippen molar-refractivity contribution in [3.05, 3.63) is 24.3 Å². The van der Waals surface area contributed by atoms with Gasteiger partial charge in [-0.25, -0.2) is 4.68 Å². The minimum absolute atomic E-state index is 0.0300. The number of aromatic nitrogens is 4. The van der Waals surface area contributed by atoms with Crippen LogP contribution >= 0.6 is 0 Å². The summed E-state index contributed by atoms with van der Waals surface area (Å²) in [6.07, 6.45) is 0.882. The molecule has 2 aromatic rings. The average Bonchev–Trinajstić information content (AvgIpc) is 2.91. The fourth-order valence-electron chi connectivity index (χ4n) is 1.93. The number of nitrogens with zero attached hydrogens (tertiary/aromatic N) is 4. The second-order valence-electron chi connectivity index (χ2n) is 5.85. The first-order valence-electron chi connectivity index (χ1n) is 7.29. The Morgan fingerprint density at radius 3 is 2.77 bits per heavy atom. The Hall–Kier alpha value is -2.44. The normalized spacial score (nSPS) is 11.3. The van der Waals surface area contributed by atoms with Crippen LogP contribution in [0.25, 0.3) is 11.4 Å². The molecule has 1 heterocycles. The molecule has 118 valence electrons. The molecule has 1 aromatic carbocycles. The monoisotopic (exact) mass is 302 g/mol. The second kappa shape index (κ2) is 6.55. The van der Waals surface area contributed by atoms with Gasteiger partial charge < -0.3 is 10.6 Å². The summed E-state index contributed by atoms with van der Waals surface area (Å²) in [5, 5.41) is 17.5. The van der Waals surface area contributed by atoms with E-state index in [0.29, 0.717) is 5.82 Å². The summed E-state index contributed by atoms with van der Waals surface area (Å²) in [5.41, 5.74) is 1.56. The van der Waals surface area contributed by atoms with Crippen molar-refractivity contribution in [2.45, 2.75) is 32.7 Å². The van der Waals surface area contributed by atoms with E-state index in [-0.39, 0.29) is 18.0 Å². The van der Waals surface area contributed by atoms with Gasteiger partial charge in [-0.1, -0.05) is 19.1 Å². The highest BCUT2D eigenvalue weighted by Crippen LogP contribution is 2.19. The summed E-state index contributed by atoms with van der Waals surface area (Å²) >= 11 is 0. The van der Waals surface area contributed by atoms with Gasteiger partial charge in [0.2, 0.25) is 5.91 Å². The number of nitrogens with one attached hydrogen (secondary N) is 2. The van der Waals surface area contributed by atoms with Crippen molar-refractivity contribution < 1.29 is 4.79 Å². The minimum Gasteiger partial charge on any atom is -0.376 e. The zero-order valence-corrected chi connectivity index (χ0v) is 13.4. The van der Waals surface area contributed by atoms with E-state index in [4.69, 9.17) is 0 Å². The van der Waals surface area contributed by atoms with Gasteiger partial charge >= 0.3 is 0 Å². The molecule has 0 spiro atoms. The van der Waals surface area contributed by atoms with E-state index in [9.17, 15) is 4.79 Å². The van der Waals surface area contributed by atoms with E-state index in [1.807, 2.05) is 45.0 Å². The maximum Gasteiger partial charge on any atom is 0.239 e. The van der Waals surface area contributed by atoms with Gasteiger partial charge in [-0.2, -0.15) is 0 Å². The summed E-state index contributed by atoms with van der Waals surface area (Å²) in [5.74, 6) is 0.651. The van der Waals surface area contributed by atoms with E-state index >= 15 is 0 Å². The Kier molecular flexibility index (Phi) is 4.75. The molecule has 0 bridgehead atoms. The van der Waals surface area contributed by atoms with Gasteiger partial charge in [-0.05, 0) is 42.8 Å². The third kappa shape index (κ3) is 4.03. The van der Waals surface area contributed by atoms with Gasteiger partial charge in [0.05, 0.1) is 6.54 Å². The summed E-state index contributed by atoms with van der Waals surface area (Å²) in [6, 6.07) is 7.66. The largest absolute Gasteiger partial charge is 0.376 e. The van der Waals surface area contributed by atoms with Gasteiger partial charge in [-0.3, -0.25) is 4.79 Å². The Labute approximate surface area is 130 Å². The molecular weight excluding hydrogens is 280 g/mol. The van der Waals surface area contributed by atoms with E-state index in [1.54, 1.807) is 11.7 Å². The van der Waals surface area contributed by atoms with Crippen molar-refractivity contribution in [1.29, 1.82) is 0 Å². The highest BCUT2D eigenvalue weighted by atomic mass is 16.2. The number of carbonyl (C=O) groups excluding carboxylic acids is 1. The molecule has 7 nitrogen and oxygen atoms in total. The van der Waals surface area contributed by atoms with Crippen LogP contribution in [0, 0.1) is 0 Å². The first-order valence-corrected chi connectivity index (χ1v) is 7.29. The lowest BCUT2D eigenvalue weighted by molar-refractivity contribution is -0.121. The molecule has 1 amide bonds. The highest BCUT2D eigenvalue weighted by Gasteiger charge is 2.17. The number of aryl methyl sites for hydroxylation is 1. The molecule has 0 aliphatic carbocycles. The van der Waals surface area contributed by atoms with Crippen molar-refractivity contribution in [2.75, 3.05) is 11.9 Å². The van der Waals surface area contributed by atoms with Gasteiger partial charge in [0.1, 0.15) is 0 Å². The van der Waals surface area contributed by atoms with E-state index in [0.717, 1.165) is 17.7 Å². The SMILES string of the molecule is CCC(C)(C)NC(=O)CNc1cccc(-c2nnnn2C)c1. The number of hydrogen-bond acceptors (Lipinski definition) is 5. The summed E-state index contributed by atoms with van der Waals surface area (Å²) in [6.45, 7) is 6.29. The van der Waals surface area contributed by atoms with Crippen LogP contribution in [0.3, 0.4) is 0 Å². The first kappa shape index (κ1) is 15.9. The Balaban J connectivity index is 2.00. The van der Waals surface area contributed by atoms with Crippen molar-refractivity contribution in [1.82, 2.24) is 25.5 Å². The Morgan fingerprint density at radius 1 is 1.36 bits per heavy atom. The number of amides is 1. The molecule has 0 atom stereocenters. The molecular formula is C15H22N6O. The summed E-state index contributed by atoms with van der Waals surface area (Å²) < 4.78 is 1.61. The molecule has 0 fully saturated rings. The molecule has 0 saturated heterocycles. The second-order valence-corrected chi connectivity index (χ2v) is 5.85. The number of benzene rings is 1. The molecule has 0 unspecified atom stereocenters. The number of hydrogen-bond donors (Lipinski definition) is 2. The van der Waals surface area contributed by atoms with Crippen LogP contribution in [0.2, 0.25) is 0 Å². The Morgan fingerprint density at radius 2 is 2.14 bits per heavy atom. The zero-order valence-electron chi connectivity index (χ0n) is 13.4. The maximum atomic E-state index is 11.9. The lowest BCUT2D eigenvalue weighted by Gasteiger charge is -2.24. The van der Waals surface area contributed by atoms with Crippen molar-refractivity contribution >= 4 is 11.6 Å². The number of rotatable bonds is 6. The van der Waals surface area contributed by atoms with E-state index in [1.165, 1.54) is 0 Å².